The molecule has 0 aliphatic carbocycles. The van der Waals surface area contributed by atoms with Gasteiger partial charge in [0, 0.05) is 13.2 Å². The van der Waals surface area contributed by atoms with E-state index in [9.17, 15) is 28.0 Å². The smallest absolute Gasteiger partial charge is 0.381 e. The van der Waals surface area contributed by atoms with Crippen molar-refractivity contribution in [3.63, 3.8) is 0 Å². The van der Waals surface area contributed by atoms with Crippen LogP contribution < -0.4 is 0 Å². The average molecular weight is 282 g/mol. The van der Waals surface area contributed by atoms with Gasteiger partial charge in [-0.3, -0.25) is 9.59 Å². The molecule has 0 bridgehead atoms. The van der Waals surface area contributed by atoms with Crippen LogP contribution in [0.1, 0.15) is 13.8 Å². The van der Waals surface area contributed by atoms with Crippen LogP contribution in [0.4, 0.5) is 8.78 Å². The lowest BCUT2D eigenvalue weighted by Crippen LogP contribution is -2.35. The lowest BCUT2D eigenvalue weighted by Gasteiger charge is -2.07. The third kappa shape index (κ3) is 5.62. The maximum atomic E-state index is 12.8. The first kappa shape index (κ1) is 17.3. The van der Waals surface area contributed by atoms with E-state index in [0.717, 1.165) is 0 Å². The fourth-order valence-electron chi connectivity index (χ4n) is 0.814. The van der Waals surface area contributed by atoms with Crippen molar-refractivity contribution in [1.82, 2.24) is 0 Å². The molecule has 7 nitrogen and oxygen atoms in total. The van der Waals surface area contributed by atoms with E-state index in [2.05, 4.69) is 14.2 Å². The molecule has 0 spiro atoms. The topological polar surface area (TPSA) is 96.0 Å². The van der Waals surface area contributed by atoms with E-state index in [4.69, 9.17) is 0 Å². The largest absolute Gasteiger partial charge is 0.388 e. The van der Waals surface area contributed by atoms with Gasteiger partial charge < -0.3 is 14.2 Å². The molecule has 108 valence electrons. The van der Waals surface area contributed by atoms with Gasteiger partial charge in [0.05, 0.1) is 0 Å². The number of ketones is 2. The van der Waals surface area contributed by atoms with E-state index in [-0.39, 0.29) is 13.2 Å². The summed E-state index contributed by atoms with van der Waals surface area (Å²) in [5.41, 5.74) is 0. The number of rotatable bonds is 8. The molecule has 0 aliphatic rings. The van der Waals surface area contributed by atoms with Crippen LogP contribution in [0.25, 0.3) is 0 Å². The van der Waals surface area contributed by atoms with Crippen LogP contribution in [0.2, 0.25) is 0 Å². The maximum absolute atomic E-state index is 12.8. The number of carbonyl (C=O) groups is 4. The summed E-state index contributed by atoms with van der Waals surface area (Å²) < 4.78 is 37.6. The Kier molecular flexibility index (Phi) is 7.61. The number of Topliss-reactive ketones (excluding diaryl/α,β-unsaturated/α-hetero) is 2. The van der Waals surface area contributed by atoms with E-state index < -0.39 is 36.2 Å². The predicted octanol–water partition coefficient (Wildman–Crippen LogP) is -0.141. The average Bonchev–Trinajstić information content (AvgIpc) is 2.37. The lowest BCUT2D eigenvalue weighted by atomic mass is 10.4. The van der Waals surface area contributed by atoms with Crippen LogP contribution in [-0.4, -0.2) is 49.4 Å². The number of halogens is 2. The molecule has 0 amide bonds. The Labute approximate surface area is 106 Å². The molecule has 2 unspecified atom stereocenters. The van der Waals surface area contributed by atoms with Crippen molar-refractivity contribution >= 4 is 23.5 Å². The monoisotopic (exact) mass is 282 g/mol. The summed E-state index contributed by atoms with van der Waals surface area (Å²) in [7, 11) is 0. The quantitative estimate of drug-likeness (QED) is 0.347. The molecule has 2 atom stereocenters. The second-order valence-corrected chi connectivity index (χ2v) is 2.95. The Morgan fingerprint density at radius 3 is 1.42 bits per heavy atom. The number of ether oxygens (including phenoxy) is 3. The van der Waals surface area contributed by atoms with Gasteiger partial charge in [-0.05, 0) is 13.8 Å². The van der Waals surface area contributed by atoms with Crippen molar-refractivity contribution in [2.75, 3.05) is 13.2 Å². The molecule has 0 N–H and O–H groups in total. The van der Waals surface area contributed by atoms with Crippen molar-refractivity contribution < 1.29 is 42.2 Å². The van der Waals surface area contributed by atoms with E-state index in [1.165, 1.54) is 13.8 Å². The summed E-state index contributed by atoms with van der Waals surface area (Å²) in [6, 6.07) is 0. The van der Waals surface area contributed by atoms with Crippen LogP contribution in [0.15, 0.2) is 0 Å². The summed E-state index contributed by atoms with van der Waals surface area (Å²) in [6.45, 7) is 2.30. The molecule has 0 rings (SSSR count). The van der Waals surface area contributed by atoms with E-state index >= 15 is 0 Å². The zero-order valence-electron chi connectivity index (χ0n) is 10.2. The van der Waals surface area contributed by atoms with E-state index in [0.29, 0.717) is 0 Å². The normalized spacial score (nSPS) is 13.5. The third-order valence-electron chi connectivity index (χ3n) is 1.63. The summed E-state index contributed by atoms with van der Waals surface area (Å²) in [6.07, 6.45) is -5.23. The highest BCUT2D eigenvalue weighted by Crippen LogP contribution is 2.01. The summed E-state index contributed by atoms with van der Waals surface area (Å²) in [5.74, 6) is -7.53. The molecule has 0 saturated carbocycles. The van der Waals surface area contributed by atoms with Crippen molar-refractivity contribution in [3.8, 4) is 0 Å². The second-order valence-electron chi connectivity index (χ2n) is 2.95. The van der Waals surface area contributed by atoms with Gasteiger partial charge in [-0.25, -0.2) is 18.4 Å². The van der Waals surface area contributed by atoms with Gasteiger partial charge >= 0.3 is 23.5 Å². The first-order valence-corrected chi connectivity index (χ1v) is 5.20. The molecule has 0 radical (unpaired) electrons. The highest BCUT2D eigenvalue weighted by molar-refractivity contribution is 6.43. The van der Waals surface area contributed by atoms with Crippen LogP contribution in [0.5, 0.6) is 0 Å². The second kappa shape index (κ2) is 8.38. The molecule has 0 aromatic heterocycles. The van der Waals surface area contributed by atoms with Gasteiger partial charge in [-0.2, -0.15) is 0 Å². The molecule has 0 aliphatic heterocycles. The zero-order chi connectivity index (χ0) is 15.0. The van der Waals surface area contributed by atoms with Crippen LogP contribution >= 0.6 is 0 Å². The Balaban J connectivity index is 4.44. The summed E-state index contributed by atoms with van der Waals surface area (Å²) in [4.78, 5) is 43.7. The molecule has 0 aromatic carbocycles. The number of hydrogen-bond donors (Lipinski definition) is 0. The Morgan fingerprint density at radius 2 is 1.16 bits per heavy atom. The Morgan fingerprint density at radius 1 is 0.842 bits per heavy atom. The zero-order valence-corrected chi connectivity index (χ0v) is 10.2. The molecule has 0 heterocycles. The van der Waals surface area contributed by atoms with Gasteiger partial charge in [0.1, 0.15) is 0 Å². The fraction of sp³-hybridized carbons (Fsp3) is 0.600. The molecular formula is C10H12F2O7. The number of carbonyl (C=O) groups excluding carboxylic acids is 4. The van der Waals surface area contributed by atoms with Crippen molar-refractivity contribution in [2.45, 2.75) is 26.6 Å². The van der Waals surface area contributed by atoms with E-state index in [1.54, 1.807) is 0 Å². The minimum atomic E-state index is -2.62. The van der Waals surface area contributed by atoms with Crippen LogP contribution in [0.3, 0.4) is 0 Å². The minimum Gasteiger partial charge on any atom is -0.381 e. The van der Waals surface area contributed by atoms with Gasteiger partial charge in [-0.15, -0.1) is 0 Å². The molecule has 0 fully saturated rings. The van der Waals surface area contributed by atoms with Crippen LogP contribution in [-0.2, 0) is 33.4 Å². The molecule has 0 saturated heterocycles. The van der Waals surface area contributed by atoms with Crippen molar-refractivity contribution in [1.29, 1.82) is 0 Å². The lowest BCUT2D eigenvalue weighted by molar-refractivity contribution is -0.176. The summed E-state index contributed by atoms with van der Waals surface area (Å²) >= 11 is 0. The maximum Gasteiger partial charge on any atom is 0.388 e. The van der Waals surface area contributed by atoms with Gasteiger partial charge in [-0.1, -0.05) is 0 Å². The molecule has 19 heavy (non-hydrogen) atoms. The predicted molar refractivity (Wildman–Crippen MR) is 54.2 cm³/mol. The van der Waals surface area contributed by atoms with Crippen molar-refractivity contribution in [3.05, 3.63) is 0 Å². The fourth-order valence-corrected chi connectivity index (χ4v) is 0.814. The Bertz CT molecular complexity index is 335. The third-order valence-corrected chi connectivity index (χ3v) is 1.63. The van der Waals surface area contributed by atoms with Crippen molar-refractivity contribution in [2.24, 2.45) is 0 Å². The highest BCUT2D eigenvalue weighted by Gasteiger charge is 2.34. The number of hydrogen-bond acceptors (Lipinski definition) is 7. The first-order valence-electron chi connectivity index (χ1n) is 5.20. The standard InChI is InChI=1S/C10H12F2O7/c1-3-17-7(11)5(13)9(15)19-10(16)6(14)8(12)18-4-2/h7-8H,3-4H2,1-2H3. The molecule has 9 heteroatoms. The number of alkyl halides is 2. The van der Waals surface area contributed by atoms with Gasteiger partial charge in [0.2, 0.25) is 0 Å². The van der Waals surface area contributed by atoms with Gasteiger partial charge in [0.15, 0.2) is 0 Å². The van der Waals surface area contributed by atoms with E-state index in [1.807, 2.05) is 0 Å². The van der Waals surface area contributed by atoms with Gasteiger partial charge in [0.25, 0.3) is 12.7 Å². The van der Waals surface area contributed by atoms with Crippen LogP contribution in [0, 0.1) is 0 Å². The minimum absolute atomic E-state index is 0.204. The SMILES string of the molecule is CCOC(F)C(=O)C(=O)OC(=O)C(=O)C(F)OCC. The summed E-state index contributed by atoms with van der Waals surface area (Å²) in [5, 5.41) is 0. The molecule has 0 aromatic rings. The highest BCUT2D eigenvalue weighted by atomic mass is 19.1. The molecular weight excluding hydrogens is 270 g/mol. The Hall–Kier alpha value is -1.74. The first-order chi connectivity index (χ1) is 8.84. The number of esters is 2.